The molecule has 0 spiro atoms. The predicted molar refractivity (Wildman–Crippen MR) is 72.8 cm³/mol. The van der Waals surface area contributed by atoms with Crippen molar-refractivity contribution in [2.45, 2.75) is 0 Å². The minimum absolute atomic E-state index is 0.0992. The van der Waals surface area contributed by atoms with E-state index in [4.69, 9.17) is 20.5 Å². The van der Waals surface area contributed by atoms with Crippen LogP contribution in [0.1, 0.15) is 16.1 Å². The van der Waals surface area contributed by atoms with Gasteiger partial charge in [-0.05, 0) is 12.1 Å². The molecule has 0 fully saturated rings. The minimum atomic E-state index is -0.605. The quantitative estimate of drug-likeness (QED) is 0.858. The molecule has 6 nitrogen and oxygen atoms in total. The summed E-state index contributed by atoms with van der Waals surface area (Å²) in [6.45, 7) is 0. The maximum Gasteiger partial charge on any atom is 0.357 e. The highest BCUT2D eigenvalue weighted by Gasteiger charge is 2.21. The molecule has 0 amide bonds. The SMILES string of the molecule is COC(=O)c1c(N)c(C#N)cn1-c1cccc(OC)c1. The number of benzene rings is 1. The monoisotopic (exact) mass is 271 g/mol. The van der Waals surface area contributed by atoms with Crippen LogP contribution < -0.4 is 10.5 Å². The van der Waals surface area contributed by atoms with Crippen molar-refractivity contribution >= 4 is 11.7 Å². The summed E-state index contributed by atoms with van der Waals surface area (Å²) in [6.07, 6.45) is 1.50. The van der Waals surface area contributed by atoms with Gasteiger partial charge in [0, 0.05) is 18.0 Å². The van der Waals surface area contributed by atoms with E-state index in [1.165, 1.54) is 17.9 Å². The Bertz CT molecular complexity index is 698. The summed E-state index contributed by atoms with van der Waals surface area (Å²) >= 11 is 0. The first-order valence-corrected chi connectivity index (χ1v) is 5.76. The average Bonchev–Trinajstić information content (AvgIpc) is 2.83. The topological polar surface area (TPSA) is 90.3 Å². The fourth-order valence-corrected chi connectivity index (χ4v) is 1.88. The molecule has 0 atom stereocenters. The van der Waals surface area contributed by atoms with E-state index < -0.39 is 5.97 Å². The molecule has 0 radical (unpaired) electrons. The lowest BCUT2D eigenvalue weighted by Crippen LogP contribution is -2.11. The summed E-state index contributed by atoms with van der Waals surface area (Å²) in [4.78, 5) is 11.8. The number of hydrogen-bond donors (Lipinski definition) is 1. The first-order chi connectivity index (χ1) is 9.62. The number of ether oxygens (including phenoxy) is 2. The lowest BCUT2D eigenvalue weighted by Gasteiger charge is -2.09. The van der Waals surface area contributed by atoms with Gasteiger partial charge in [-0.25, -0.2) is 4.79 Å². The fraction of sp³-hybridized carbons (Fsp3) is 0.143. The van der Waals surface area contributed by atoms with Gasteiger partial charge in [0.15, 0.2) is 5.69 Å². The number of carbonyl (C=O) groups is 1. The van der Waals surface area contributed by atoms with E-state index in [2.05, 4.69) is 0 Å². The van der Waals surface area contributed by atoms with Gasteiger partial charge in [0.1, 0.15) is 11.8 Å². The van der Waals surface area contributed by atoms with Crippen LogP contribution in [0.2, 0.25) is 0 Å². The summed E-state index contributed by atoms with van der Waals surface area (Å²) in [5.74, 6) is 0.0240. The van der Waals surface area contributed by atoms with Gasteiger partial charge in [-0.1, -0.05) is 6.07 Å². The van der Waals surface area contributed by atoms with Crippen LogP contribution in [-0.2, 0) is 4.74 Å². The average molecular weight is 271 g/mol. The number of nitrogens with two attached hydrogens (primary N) is 1. The molecule has 20 heavy (non-hydrogen) atoms. The number of nitrogens with zero attached hydrogens (tertiary/aromatic N) is 2. The van der Waals surface area contributed by atoms with E-state index in [0.29, 0.717) is 11.4 Å². The van der Waals surface area contributed by atoms with Crippen LogP contribution in [0.5, 0.6) is 5.75 Å². The third-order valence-electron chi connectivity index (χ3n) is 2.88. The fourth-order valence-electron chi connectivity index (χ4n) is 1.88. The van der Waals surface area contributed by atoms with Crippen LogP contribution in [0.4, 0.5) is 5.69 Å². The molecule has 0 aliphatic carbocycles. The highest BCUT2D eigenvalue weighted by atomic mass is 16.5. The van der Waals surface area contributed by atoms with Crippen LogP contribution in [0.15, 0.2) is 30.5 Å². The molecule has 0 saturated heterocycles. The summed E-state index contributed by atoms with van der Waals surface area (Å²) in [5, 5.41) is 9.04. The molecule has 0 aliphatic rings. The van der Waals surface area contributed by atoms with Gasteiger partial charge in [0.2, 0.25) is 0 Å². The molecule has 0 aliphatic heterocycles. The van der Waals surface area contributed by atoms with Crippen molar-refractivity contribution in [1.82, 2.24) is 4.57 Å². The number of hydrogen-bond acceptors (Lipinski definition) is 5. The standard InChI is InChI=1S/C14H13N3O3/c1-19-11-5-3-4-10(6-11)17-8-9(7-15)12(16)13(17)14(18)20-2/h3-6,8H,16H2,1-2H3. The second-order valence-corrected chi connectivity index (χ2v) is 3.98. The Labute approximate surface area is 115 Å². The Morgan fingerprint density at radius 1 is 1.40 bits per heavy atom. The lowest BCUT2D eigenvalue weighted by molar-refractivity contribution is 0.0593. The van der Waals surface area contributed by atoms with E-state index in [1.54, 1.807) is 31.4 Å². The Balaban J connectivity index is 2.67. The zero-order valence-corrected chi connectivity index (χ0v) is 11.1. The van der Waals surface area contributed by atoms with Crippen LogP contribution in [0.3, 0.4) is 0 Å². The molecule has 1 heterocycles. The van der Waals surface area contributed by atoms with Crippen molar-refractivity contribution in [2.24, 2.45) is 0 Å². The number of methoxy groups -OCH3 is 2. The first kappa shape index (κ1) is 13.5. The second-order valence-electron chi connectivity index (χ2n) is 3.98. The molecule has 6 heteroatoms. The Morgan fingerprint density at radius 2 is 2.15 bits per heavy atom. The number of nitriles is 1. The molecular formula is C14H13N3O3. The first-order valence-electron chi connectivity index (χ1n) is 5.76. The maximum absolute atomic E-state index is 11.8. The van der Waals surface area contributed by atoms with Crippen molar-refractivity contribution in [3.05, 3.63) is 41.7 Å². The van der Waals surface area contributed by atoms with Gasteiger partial charge in [0.05, 0.1) is 25.5 Å². The predicted octanol–water partition coefficient (Wildman–Crippen LogP) is 1.73. The van der Waals surface area contributed by atoms with Gasteiger partial charge in [-0.3, -0.25) is 0 Å². The van der Waals surface area contributed by atoms with E-state index in [1.807, 2.05) is 6.07 Å². The van der Waals surface area contributed by atoms with Crippen molar-refractivity contribution in [1.29, 1.82) is 5.26 Å². The summed E-state index contributed by atoms with van der Waals surface area (Å²) in [6, 6.07) is 9.00. The highest BCUT2D eigenvalue weighted by molar-refractivity contribution is 5.95. The van der Waals surface area contributed by atoms with E-state index in [-0.39, 0.29) is 16.9 Å². The zero-order valence-electron chi connectivity index (χ0n) is 11.1. The van der Waals surface area contributed by atoms with Crippen molar-refractivity contribution in [2.75, 3.05) is 20.0 Å². The molecule has 2 aromatic rings. The minimum Gasteiger partial charge on any atom is -0.497 e. The van der Waals surface area contributed by atoms with Crippen LogP contribution in [-0.4, -0.2) is 24.8 Å². The molecule has 1 aromatic carbocycles. The van der Waals surface area contributed by atoms with Crippen LogP contribution in [0, 0.1) is 11.3 Å². The van der Waals surface area contributed by atoms with E-state index >= 15 is 0 Å². The second kappa shape index (κ2) is 5.36. The van der Waals surface area contributed by atoms with Crippen LogP contribution in [0.25, 0.3) is 5.69 Å². The smallest absolute Gasteiger partial charge is 0.357 e. The van der Waals surface area contributed by atoms with Gasteiger partial charge >= 0.3 is 5.97 Å². The Kier molecular flexibility index (Phi) is 3.62. The van der Waals surface area contributed by atoms with E-state index in [0.717, 1.165) is 0 Å². The molecule has 0 bridgehead atoms. The molecule has 1 aromatic heterocycles. The van der Waals surface area contributed by atoms with Crippen molar-refractivity contribution in [3.63, 3.8) is 0 Å². The van der Waals surface area contributed by atoms with Gasteiger partial charge in [-0.15, -0.1) is 0 Å². The molecule has 2 N–H and O–H groups in total. The maximum atomic E-state index is 11.8. The molecule has 0 saturated carbocycles. The largest absolute Gasteiger partial charge is 0.497 e. The lowest BCUT2D eigenvalue weighted by atomic mass is 10.2. The number of carbonyl (C=O) groups excluding carboxylic acids is 1. The zero-order chi connectivity index (χ0) is 14.7. The molecular weight excluding hydrogens is 258 g/mol. The van der Waals surface area contributed by atoms with Crippen molar-refractivity contribution < 1.29 is 14.3 Å². The molecule has 102 valence electrons. The third kappa shape index (κ3) is 2.17. The summed E-state index contributed by atoms with van der Waals surface area (Å²) in [7, 11) is 2.81. The highest BCUT2D eigenvalue weighted by Crippen LogP contribution is 2.26. The summed E-state index contributed by atoms with van der Waals surface area (Å²) in [5.41, 5.74) is 6.91. The van der Waals surface area contributed by atoms with Gasteiger partial charge < -0.3 is 19.8 Å². The number of esters is 1. The van der Waals surface area contributed by atoms with Gasteiger partial charge in [-0.2, -0.15) is 5.26 Å². The Morgan fingerprint density at radius 3 is 2.75 bits per heavy atom. The van der Waals surface area contributed by atoms with Gasteiger partial charge in [0.25, 0.3) is 0 Å². The molecule has 2 rings (SSSR count). The summed E-state index contributed by atoms with van der Waals surface area (Å²) < 4.78 is 11.4. The number of aromatic nitrogens is 1. The number of nitrogen functional groups attached to an aromatic ring is 1. The number of rotatable bonds is 3. The third-order valence-corrected chi connectivity index (χ3v) is 2.88. The Hall–Kier alpha value is -2.94. The van der Waals surface area contributed by atoms with Crippen molar-refractivity contribution in [3.8, 4) is 17.5 Å². The normalized spacial score (nSPS) is 9.85. The van der Waals surface area contributed by atoms with Crippen LogP contribution >= 0.6 is 0 Å². The molecule has 0 unspecified atom stereocenters. The number of anilines is 1. The van der Waals surface area contributed by atoms with E-state index in [9.17, 15) is 4.79 Å².